The topological polar surface area (TPSA) is 39.2 Å². The molecule has 1 aromatic carbocycles. The average Bonchev–Trinajstić information content (AvgIpc) is 2.66. The minimum atomic E-state index is -0.377. The molecule has 0 saturated carbocycles. The Bertz CT molecular complexity index is 537. The summed E-state index contributed by atoms with van der Waals surface area (Å²) in [6.07, 6.45) is 1.68. The fourth-order valence-corrected chi connectivity index (χ4v) is 1.93. The summed E-state index contributed by atoms with van der Waals surface area (Å²) in [6, 6.07) is 13.0. The first kappa shape index (κ1) is 9.09. The van der Waals surface area contributed by atoms with Gasteiger partial charge in [0.25, 0.3) is 0 Å². The lowest BCUT2D eigenvalue weighted by molar-refractivity contribution is -0.133. The van der Waals surface area contributed by atoms with Gasteiger partial charge in [0.1, 0.15) is 11.7 Å². The first-order valence-electron chi connectivity index (χ1n) is 5.08. The predicted molar refractivity (Wildman–Crippen MR) is 58.2 cm³/mol. The standard InChI is InChI=1S/C13H9NO2/c15-13-12(10-6-3-4-8-14-10)9-5-1-2-7-11(9)16-13/h1-8,12H. The molecular weight excluding hydrogens is 202 g/mol. The summed E-state index contributed by atoms with van der Waals surface area (Å²) in [5.41, 5.74) is 1.63. The van der Waals surface area contributed by atoms with Crippen LogP contribution in [0.5, 0.6) is 5.75 Å². The van der Waals surface area contributed by atoms with Crippen LogP contribution in [0.3, 0.4) is 0 Å². The molecule has 1 aromatic heterocycles. The van der Waals surface area contributed by atoms with Crippen molar-refractivity contribution in [3.8, 4) is 5.75 Å². The molecule has 1 aliphatic rings. The van der Waals surface area contributed by atoms with E-state index in [0.717, 1.165) is 11.3 Å². The zero-order valence-corrected chi connectivity index (χ0v) is 8.46. The quantitative estimate of drug-likeness (QED) is 0.535. The minimum absolute atomic E-state index is 0.250. The molecule has 0 saturated heterocycles. The van der Waals surface area contributed by atoms with Crippen molar-refractivity contribution in [1.82, 2.24) is 4.98 Å². The molecule has 1 unspecified atom stereocenters. The van der Waals surface area contributed by atoms with Gasteiger partial charge in [0.2, 0.25) is 0 Å². The number of esters is 1. The van der Waals surface area contributed by atoms with Crippen molar-refractivity contribution in [2.24, 2.45) is 0 Å². The number of hydrogen-bond donors (Lipinski definition) is 0. The number of rotatable bonds is 1. The largest absolute Gasteiger partial charge is 0.425 e. The van der Waals surface area contributed by atoms with Gasteiger partial charge in [-0.15, -0.1) is 0 Å². The van der Waals surface area contributed by atoms with E-state index >= 15 is 0 Å². The monoisotopic (exact) mass is 211 g/mol. The molecule has 16 heavy (non-hydrogen) atoms. The number of carbonyl (C=O) groups excluding carboxylic acids is 1. The van der Waals surface area contributed by atoms with Crippen molar-refractivity contribution in [3.05, 3.63) is 59.9 Å². The number of hydrogen-bond acceptors (Lipinski definition) is 3. The molecule has 0 spiro atoms. The summed E-state index contributed by atoms with van der Waals surface area (Å²) in [6.45, 7) is 0. The first-order chi connectivity index (χ1) is 7.86. The van der Waals surface area contributed by atoms with Gasteiger partial charge in [-0.3, -0.25) is 9.78 Å². The molecule has 1 atom stereocenters. The number of aromatic nitrogens is 1. The van der Waals surface area contributed by atoms with Gasteiger partial charge in [0.05, 0.1) is 5.69 Å². The van der Waals surface area contributed by atoms with Crippen LogP contribution < -0.4 is 4.74 Å². The fraction of sp³-hybridized carbons (Fsp3) is 0.0769. The lowest BCUT2D eigenvalue weighted by Gasteiger charge is -2.05. The summed E-state index contributed by atoms with van der Waals surface area (Å²) < 4.78 is 5.19. The van der Waals surface area contributed by atoms with Gasteiger partial charge in [-0.2, -0.15) is 0 Å². The lowest BCUT2D eigenvalue weighted by Crippen LogP contribution is -2.12. The van der Waals surface area contributed by atoms with Gasteiger partial charge in [-0.25, -0.2) is 0 Å². The maximum atomic E-state index is 11.8. The van der Waals surface area contributed by atoms with Gasteiger partial charge in [-0.1, -0.05) is 24.3 Å². The predicted octanol–water partition coefficient (Wildman–Crippen LogP) is 2.13. The second kappa shape index (κ2) is 3.45. The third kappa shape index (κ3) is 1.29. The van der Waals surface area contributed by atoms with Crippen LogP contribution in [0, 0.1) is 0 Å². The Morgan fingerprint density at radius 3 is 2.69 bits per heavy atom. The Labute approximate surface area is 92.7 Å². The Morgan fingerprint density at radius 1 is 1.06 bits per heavy atom. The molecule has 2 heterocycles. The SMILES string of the molecule is O=C1Oc2ccccc2C1c1ccccn1. The molecule has 0 radical (unpaired) electrons. The molecule has 3 rings (SSSR count). The maximum Gasteiger partial charge on any atom is 0.325 e. The number of pyridine rings is 1. The third-order valence-electron chi connectivity index (χ3n) is 2.66. The van der Waals surface area contributed by atoms with E-state index < -0.39 is 0 Å². The number of para-hydroxylation sites is 1. The molecule has 2 aromatic rings. The molecule has 0 fully saturated rings. The van der Waals surface area contributed by atoms with E-state index in [2.05, 4.69) is 4.98 Å². The number of ether oxygens (including phenoxy) is 1. The Balaban J connectivity index is 2.13. The number of benzene rings is 1. The minimum Gasteiger partial charge on any atom is -0.425 e. The van der Waals surface area contributed by atoms with Gasteiger partial charge in [0, 0.05) is 11.8 Å². The van der Waals surface area contributed by atoms with Crippen molar-refractivity contribution in [2.45, 2.75) is 5.92 Å². The van der Waals surface area contributed by atoms with Crippen LogP contribution >= 0.6 is 0 Å². The van der Waals surface area contributed by atoms with Gasteiger partial charge < -0.3 is 4.74 Å². The third-order valence-corrected chi connectivity index (χ3v) is 2.66. The highest BCUT2D eigenvalue weighted by molar-refractivity contribution is 5.88. The first-order valence-corrected chi connectivity index (χ1v) is 5.08. The molecule has 0 N–H and O–H groups in total. The van der Waals surface area contributed by atoms with E-state index in [4.69, 9.17) is 4.74 Å². The molecule has 0 bridgehead atoms. The van der Waals surface area contributed by atoms with Gasteiger partial charge >= 0.3 is 5.97 Å². The Kier molecular flexibility index (Phi) is 1.96. The summed E-state index contributed by atoms with van der Waals surface area (Å²) in [5.74, 6) is 0.0143. The normalized spacial score (nSPS) is 18.0. The van der Waals surface area contributed by atoms with E-state index in [-0.39, 0.29) is 11.9 Å². The summed E-state index contributed by atoms with van der Waals surface area (Å²) in [7, 11) is 0. The molecule has 3 nitrogen and oxygen atoms in total. The molecule has 0 amide bonds. The van der Waals surface area contributed by atoms with Gasteiger partial charge in [-0.05, 0) is 18.2 Å². The molecule has 78 valence electrons. The van der Waals surface area contributed by atoms with Crippen LogP contribution in [0.15, 0.2) is 48.7 Å². The van der Waals surface area contributed by atoms with E-state index in [9.17, 15) is 4.79 Å². The van der Waals surface area contributed by atoms with Crippen LogP contribution in [0.1, 0.15) is 17.2 Å². The number of nitrogens with zero attached hydrogens (tertiary/aromatic N) is 1. The molecule has 3 heteroatoms. The highest BCUT2D eigenvalue weighted by Crippen LogP contribution is 2.37. The van der Waals surface area contributed by atoms with Crippen molar-refractivity contribution >= 4 is 5.97 Å². The zero-order valence-electron chi connectivity index (χ0n) is 8.46. The van der Waals surface area contributed by atoms with Crippen molar-refractivity contribution in [3.63, 3.8) is 0 Å². The molecular formula is C13H9NO2. The smallest absolute Gasteiger partial charge is 0.325 e. The molecule has 1 aliphatic heterocycles. The van der Waals surface area contributed by atoms with Crippen LogP contribution in [-0.2, 0) is 4.79 Å². The van der Waals surface area contributed by atoms with E-state index in [1.54, 1.807) is 12.3 Å². The Morgan fingerprint density at radius 2 is 1.88 bits per heavy atom. The highest BCUT2D eigenvalue weighted by atomic mass is 16.5. The van der Waals surface area contributed by atoms with Crippen molar-refractivity contribution < 1.29 is 9.53 Å². The Hall–Kier alpha value is -2.16. The lowest BCUT2D eigenvalue weighted by atomic mass is 9.97. The van der Waals surface area contributed by atoms with E-state index in [0.29, 0.717) is 5.75 Å². The summed E-state index contributed by atoms with van der Waals surface area (Å²) in [5, 5.41) is 0. The van der Waals surface area contributed by atoms with Crippen LogP contribution in [0.25, 0.3) is 0 Å². The van der Waals surface area contributed by atoms with E-state index in [1.807, 2.05) is 36.4 Å². The zero-order chi connectivity index (χ0) is 11.0. The summed E-state index contributed by atoms with van der Waals surface area (Å²) >= 11 is 0. The van der Waals surface area contributed by atoms with E-state index in [1.165, 1.54) is 0 Å². The van der Waals surface area contributed by atoms with Crippen molar-refractivity contribution in [2.75, 3.05) is 0 Å². The number of carbonyl (C=O) groups is 1. The summed E-state index contributed by atoms with van der Waals surface area (Å²) in [4.78, 5) is 16.0. The second-order valence-corrected chi connectivity index (χ2v) is 3.65. The highest BCUT2D eigenvalue weighted by Gasteiger charge is 2.34. The average molecular weight is 211 g/mol. The van der Waals surface area contributed by atoms with Crippen LogP contribution in [0.4, 0.5) is 0 Å². The van der Waals surface area contributed by atoms with Crippen molar-refractivity contribution in [1.29, 1.82) is 0 Å². The fourth-order valence-electron chi connectivity index (χ4n) is 1.93. The molecule has 0 aliphatic carbocycles. The van der Waals surface area contributed by atoms with Gasteiger partial charge in [0.15, 0.2) is 0 Å². The second-order valence-electron chi connectivity index (χ2n) is 3.65. The van der Waals surface area contributed by atoms with Crippen LogP contribution in [-0.4, -0.2) is 11.0 Å². The maximum absolute atomic E-state index is 11.8. The van der Waals surface area contributed by atoms with Crippen LogP contribution in [0.2, 0.25) is 0 Å². The number of fused-ring (bicyclic) bond motifs is 1.